The topological polar surface area (TPSA) is 43.3 Å². The quantitative estimate of drug-likeness (QED) is 0.733. The van der Waals surface area contributed by atoms with E-state index in [1.807, 2.05) is 6.07 Å². The molecule has 0 spiro atoms. The summed E-state index contributed by atoms with van der Waals surface area (Å²) in [6.45, 7) is 3.92. The highest BCUT2D eigenvalue weighted by Gasteiger charge is 2.17. The summed E-state index contributed by atoms with van der Waals surface area (Å²) in [7, 11) is 0. The average molecular weight is 336 g/mol. The number of carbonyl (C=O) groups excluding carboxylic acids is 1. The van der Waals surface area contributed by atoms with E-state index in [1.54, 1.807) is 0 Å². The van der Waals surface area contributed by atoms with Crippen LogP contribution in [0.4, 0.5) is 5.69 Å². The number of nitrogens with zero attached hydrogens (tertiary/aromatic N) is 1. The highest BCUT2D eigenvalue weighted by Crippen LogP contribution is 2.31. The first-order valence-electron chi connectivity index (χ1n) is 9.18. The predicted octanol–water partition coefficient (Wildman–Crippen LogP) is 4.71. The summed E-state index contributed by atoms with van der Waals surface area (Å²) in [6, 6.07) is 14.6. The summed E-state index contributed by atoms with van der Waals surface area (Å²) in [6.07, 6.45) is 3.78. The molecule has 1 N–H and O–H groups in total. The Morgan fingerprint density at radius 2 is 2.04 bits per heavy atom. The molecule has 2 aromatic carbocycles. The van der Waals surface area contributed by atoms with Crippen molar-refractivity contribution in [2.24, 2.45) is 0 Å². The second-order valence-electron chi connectivity index (χ2n) is 6.72. The van der Waals surface area contributed by atoms with Crippen molar-refractivity contribution in [1.82, 2.24) is 4.57 Å². The van der Waals surface area contributed by atoms with Crippen LogP contribution < -0.4 is 5.32 Å². The summed E-state index contributed by atoms with van der Waals surface area (Å²) in [5, 5.41) is 5.47. The monoisotopic (exact) mass is 336 g/mol. The van der Waals surface area contributed by atoms with Gasteiger partial charge in [0.05, 0.1) is 6.10 Å². The fraction of sp³-hybridized carbons (Fsp3) is 0.381. The molecule has 4 heteroatoms. The molecule has 1 atom stereocenters. The van der Waals surface area contributed by atoms with Gasteiger partial charge in [-0.2, -0.15) is 0 Å². The third-order valence-electron chi connectivity index (χ3n) is 5.09. The first kappa shape index (κ1) is 16.2. The number of ether oxygens (including phenoxy) is 1. The largest absolute Gasteiger partial charge is 0.378 e. The molecule has 1 aromatic heterocycles. The lowest BCUT2D eigenvalue weighted by molar-refractivity contribution is -0.116. The molecule has 3 aromatic rings. The molecule has 4 nitrogen and oxygen atoms in total. The Morgan fingerprint density at radius 3 is 2.84 bits per heavy atom. The summed E-state index contributed by atoms with van der Waals surface area (Å²) < 4.78 is 7.90. The Morgan fingerprint density at radius 1 is 1.20 bits per heavy atom. The van der Waals surface area contributed by atoms with E-state index in [0.717, 1.165) is 38.1 Å². The van der Waals surface area contributed by atoms with E-state index in [2.05, 4.69) is 53.2 Å². The molecule has 25 heavy (non-hydrogen) atoms. The van der Waals surface area contributed by atoms with Gasteiger partial charge in [-0.25, -0.2) is 0 Å². The SMILES string of the molecule is CCn1c2ccccc2c2cc(NC(=O)CC[C@H]3CCCO3)ccc21. The molecule has 1 fully saturated rings. The zero-order chi connectivity index (χ0) is 17.2. The first-order chi connectivity index (χ1) is 12.3. The number of para-hydroxylation sites is 1. The van der Waals surface area contributed by atoms with Crippen LogP contribution in [0.15, 0.2) is 42.5 Å². The van der Waals surface area contributed by atoms with Crippen LogP contribution in [0.1, 0.15) is 32.6 Å². The van der Waals surface area contributed by atoms with Crippen LogP contribution in [0.2, 0.25) is 0 Å². The molecule has 1 amide bonds. The number of rotatable bonds is 5. The van der Waals surface area contributed by atoms with E-state index >= 15 is 0 Å². The van der Waals surface area contributed by atoms with E-state index in [0.29, 0.717) is 6.42 Å². The van der Waals surface area contributed by atoms with Crippen LogP contribution in [0.5, 0.6) is 0 Å². The van der Waals surface area contributed by atoms with Gasteiger partial charge in [-0.1, -0.05) is 18.2 Å². The van der Waals surface area contributed by atoms with Crippen molar-refractivity contribution in [2.45, 2.75) is 45.3 Å². The maximum absolute atomic E-state index is 12.3. The Labute approximate surface area is 147 Å². The molecule has 4 rings (SSSR count). The number of benzene rings is 2. The van der Waals surface area contributed by atoms with Gasteiger partial charge in [0, 0.05) is 47.1 Å². The standard InChI is InChI=1S/C21H24N2O2/c1-2-23-19-8-4-3-7-17(19)18-14-15(9-11-20(18)23)22-21(24)12-10-16-6-5-13-25-16/h3-4,7-9,11,14,16H,2,5-6,10,12-13H2,1H3,(H,22,24)/t16-/m1/s1. The maximum Gasteiger partial charge on any atom is 0.224 e. The second-order valence-corrected chi connectivity index (χ2v) is 6.72. The van der Waals surface area contributed by atoms with Gasteiger partial charge in [0.2, 0.25) is 5.91 Å². The number of anilines is 1. The van der Waals surface area contributed by atoms with Gasteiger partial charge in [-0.15, -0.1) is 0 Å². The number of carbonyl (C=O) groups is 1. The van der Waals surface area contributed by atoms with Crippen LogP contribution in [-0.4, -0.2) is 23.2 Å². The molecule has 0 bridgehead atoms. The van der Waals surface area contributed by atoms with Crippen molar-refractivity contribution in [3.05, 3.63) is 42.5 Å². The molecular weight excluding hydrogens is 312 g/mol. The van der Waals surface area contributed by atoms with E-state index < -0.39 is 0 Å². The molecule has 130 valence electrons. The number of nitrogens with one attached hydrogen (secondary N) is 1. The third kappa shape index (κ3) is 3.14. The molecule has 1 aliphatic rings. The molecule has 0 saturated carbocycles. The average Bonchev–Trinajstić information content (AvgIpc) is 3.25. The molecule has 2 heterocycles. The minimum absolute atomic E-state index is 0.0640. The molecular formula is C21H24N2O2. The van der Waals surface area contributed by atoms with Gasteiger partial charge in [0.25, 0.3) is 0 Å². The second kappa shape index (κ2) is 6.89. The lowest BCUT2D eigenvalue weighted by Gasteiger charge is -2.10. The van der Waals surface area contributed by atoms with Crippen LogP contribution in [0, 0.1) is 0 Å². The maximum atomic E-state index is 12.3. The number of amides is 1. The predicted molar refractivity (Wildman–Crippen MR) is 102 cm³/mol. The molecule has 0 radical (unpaired) electrons. The summed E-state index contributed by atoms with van der Waals surface area (Å²) >= 11 is 0. The van der Waals surface area contributed by atoms with E-state index in [-0.39, 0.29) is 12.0 Å². The molecule has 1 saturated heterocycles. The van der Waals surface area contributed by atoms with Crippen LogP contribution in [0.25, 0.3) is 21.8 Å². The van der Waals surface area contributed by atoms with E-state index in [4.69, 9.17) is 4.74 Å². The fourth-order valence-electron chi connectivity index (χ4n) is 3.86. The summed E-state index contributed by atoms with van der Waals surface area (Å²) in [4.78, 5) is 12.3. The van der Waals surface area contributed by atoms with Gasteiger partial charge in [0.1, 0.15) is 0 Å². The van der Waals surface area contributed by atoms with E-state index in [1.165, 1.54) is 21.8 Å². The van der Waals surface area contributed by atoms with Gasteiger partial charge < -0.3 is 14.6 Å². The van der Waals surface area contributed by atoms with Crippen LogP contribution >= 0.6 is 0 Å². The van der Waals surface area contributed by atoms with Gasteiger partial charge >= 0.3 is 0 Å². The molecule has 0 aliphatic carbocycles. The normalized spacial score (nSPS) is 17.4. The third-order valence-corrected chi connectivity index (χ3v) is 5.09. The zero-order valence-corrected chi connectivity index (χ0v) is 14.6. The van der Waals surface area contributed by atoms with Crippen molar-refractivity contribution in [2.75, 3.05) is 11.9 Å². The van der Waals surface area contributed by atoms with Gasteiger partial charge in [0.15, 0.2) is 0 Å². The number of aryl methyl sites for hydroxylation is 1. The highest BCUT2D eigenvalue weighted by atomic mass is 16.5. The molecule has 0 unspecified atom stereocenters. The van der Waals surface area contributed by atoms with Crippen LogP contribution in [-0.2, 0) is 16.1 Å². The number of hydrogen-bond acceptors (Lipinski definition) is 2. The number of fused-ring (bicyclic) bond motifs is 3. The van der Waals surface area contributed by atoms with Gasteiger partial charge in [-0.05, 0) is 50.5 Å². The number of hydrogen-bond donors (Lipinski definition) is 1. The Kier molecular flexibility index (Phi) is 4.45. The summed E-state index contributed by atoms with van der Waals surface area (Å²) in [5.74, 6) is 0.0640. The minimum Gasteiger partial charge on any atom is -0.378 e. The fourth-order valence-corrected chi connectivity index (χ4v) is 3.86. The lowest BCUT2D eigenvalue weighted by atomic mass is 10.1. The molecule has 1 aliphatic heterocycles. The Hall–Kier alpha value is -2.33. The van der Waals surface area contributed by atoms with Crippen molar-refractivity contribution in [1.29, 1.82) is 0 Å². The van der Waals surface area contributed by atoms with Gasteiger partial charge in [-0.3, -0.25) is 4.79 Å². The summed E-state index contributed by atoms with van der Waals surface area (Å²) in [5.41, 5.74) is 3.31. The highest BCUT2D eigenvalue weighted by molar-refractivity contribution is 6.09. The lowest BCUT2D eigenvalue weighted by Crippen LogP contribution is -2.15. The Bertz CT molecular complexity index is 907. The first-order valence-corrected chi connectivity index (χ1v) is 9.18. The van der Waals surface area contributed by atoms with Crippen LogP contribution in [0.3, 0.4) is 0 Å². The van der Waals surface area contributed by atoms with Crippen molar-refractivity contribution >= 4 is 33.4 Å². The Balaban J connectivity index is 1.56. The van der Waals surface area contributed by atoms with E-state index in [9.17, 15) is 4.79 Å². The minimum atomic E-state index is 0.0640. The van der Waals surface area contributed by atoms with Crippen molar-refractivity contribution in [3.8, 4) is 0 Å². The van der Waals surface area contributed by atoms with Crippen molar-refractivity contribution < 1.29 is 9.53 Å². The smallest absolute Gasteiger partial charge is 0.224 e. The van der Waals surface area contributed by atoms with Crippen molar-refractivity contribution in [3.63, 3.8) is 0 Å². The number of aromatic nitrogens is 1. The zero-order valence-electron chi connectivity index (χ0n) is 14.6.